The second kappa shape index (κ2) is 8.14. The lowest BCUT2D eigenvalue weighted by molar-refractivity contribution is 0.0934. The molecule has 0 saturated heterocycles. The van der Waals surface area contributed by atoms with Gasteiger partial charge in [0.2, 0.25) is 0 Å². The van der Waals surface area contributed by atoms with Gasteiger partial charge in [0.05, 0.1) is 19.3 Å². The van der Waals surface area contributed by atoms with Crippen LogP contribution >= 0.6 is 11.3 Å². The Morgan fingerprint density at radius 2 is 2.00 bits per heavy atom. The number of carbonyl (C=O) groups excluding carboxylic acids is 1. The monoisotopic (exact) mass is 428 g/mol. The minimum absolute atomic E-state index is 0.0207. The van der Waals surface area contributed by atoms with Crippen molar-refractivity contribution in [3.63, 3.8) is 0 Å². The number of rotatable bonds is 6. The molecule has 30 heavy (non-hydrogen) atoms. The molecule has 1 amide bonds. The summed E-state index contributed by atoms with van der Waals surface area (Å²) in [5, 5.41) is 7.70. The average Bonchev–Trinajstić information content (AvgIpc) is 3.12. The van der Waals surface area contributed by atoms with E-state index < -0.39 is 0 Å². The molecule has 2 aromatic rings. The largest absolute Gasteiger partial charge is 0.493 e. The van der Waals surface area contributed by atoms with Crippen molar-refractivity contribution in [1.82, 2.24) is 5.32 Å². The summed E-state index contributed by atoms with van der Waals surface area (Å²) >= 11 is 1.76. The first-order valence-electron chi connectivity index (χ1n) is 10.9. The number of thiophene rings is 1. The van der Waals surface area contributed by atoms with E-state index in [-0.39, 0.29) is 12.1 Å². The van der Waals surface area contributed by atoms with Crippen LogP contribution in [0.2, 0.25) is 0 Å². The predicted molar refractivity (Wildman–Crippen MR) is 122 cm³/mol. The summed E-state index contributed by atoms with van der Waals surface area (Å²) in [7, 11) is 1.63. The Morgan fingerprint density at radius 3 is 2.70 bits per heavy atom. The number of hydrogen-bond acceptors (Lipinski definition) is 5. The highest BCUT2D eigenvalue weighted by atomic mass is 32.1. The topological polar surface area (TPSA) is 59.6 Å². The second-order valence-corrected chi connectivity index (χ2v) is 9.99. The van der Waals surface area contributed by atoms with Gasteiger partial charge >= 0.3 is 0 Å². The summed E-state index contributed by atoms with van der Waals surface area (Å²) in [6, 6.07) is 5.81. The molecule has 2 heterocycles. The summed E-state index contributed by atoms with van der Waals surface area (Å²) < 4.78 is 11.1. The first kappa shape index (κ1) is 21.0. The smallest absolute Gasteiger partial charge is 0.256 e. The van der Waals surface area contributed by atoms with Crippen LogP contribution in [-0.4, -0.2) is 19.6 Å². The Morgan fingerprint density at radius 1 is 1.20 bits per heavy atom. The molecule has 2 N–H and O–H groups in total. The highest BCUT2D eigenvalue weighted by molar-refractivity contribution is 7.16. The normalized spacial score (nSPS) is 20.6. The molecule has 1 aromatic heterocycles. The van der Waals surface area contributed by atoms with E-state index in [0.29, 0.717) is 29.4 Å². The van der Waals surface area contributed by atoms with Crippen molar-refractivity contribution in [2.75, 3.05) is 19.0 Å². The molecular formula is C24H32N2O3S. The maximum atomic E-state index is 13.1. The molecule has 4 rings (SSSR count). The molecule has 2 atom stereocenters. The van der Waals surface area contributed by atoms with E-state index in [4.69, 9.17) is 9.47 Å². The van der Waals surface area contributed by atoms with Crippen LogP contribution in [0.25, 0.3) is 0 Å². The van der Waals surface area contributed by atoms with Crippen LogP contribution in [0.1, 0.15) is 73.1 Å². The van der Waals surface area contributed by atoms with Crippen molar-refractivity contribution in [2.45, 2.75) is 59.5 Å². The molecule has 0 bridgehead atoms. The Hall–Kier alpha value is -2.21. The van der Waals surface area contributed by atoms with Gasteiger partial charge in [0.1, 0.15) is 11.2 Å². The molecule has 0 spiro atoms. The van der Waals surface area contributed by atoms with Crippen molar-refractivity contribution in [3.05, 3.63) is 39.8 Å². The second-order valence-electron chi connectivity index (χ2n) is 8.88. The minimum Gasteiger partial charge on any atom is -0.493 e. The van der Waals surface area contributed by atoms with Crippen molar-refractivity contribution in [1.29, 1.82) is 0 Å². The maximum absolute atomic E-state index is 13.1. The zero-order valence-corrected chi connectivity index (χ0v) is 19.4. The minimum atomic E-state index is -0.280. The van der Waals surface area contributed by atoms with E-state index >= 15 is 0 Å². The Kier molecular flexibility index (Phi) is 5.71. The van der Waals surface area contributed by atoms with Gasteiger partial charge in [0.15, 0.2) is 11.5 Å². The van der Waals surface area contributed by atoms with E-state index in [1.54, 1.807) is 18.4 Å². The molecule has 0 fully saturated rings. The third kappa shape index (κ3) is 3.66. The third-order valence-corrected chi connectivity index (χ3v) is 8.07. The molecule has 1 aliphatic carbocycles. The summed E-state index contributed by atoms with van der Waals surface area (Å²) in [5.74, 6) is 2.07. The zero-order chi connectivity index (χ0) is 21.5. The van der Waals surface area contributed by atoms with Gasteiger partial charge in [-0.1, -0.05) is 33.3 Å². The fourth-order valence-electron chi connectivity index (χ4n) is 4.56. The van der Waals surface area contributed by atoms with E-state index in [2.05, 4.69) is 31.4 Å². The molecule has 2 aliphatic rings. The predicted octanol–water partition coefficient (Wildman–Crippen LogP) is 5.55. The van der Waals surface area contributed by atoms with Crippen LogP contribution in [0.3, 0.4) is 0 Å². The molecular weight excluding hydrogens is 396 g/mol. The molecule has 1 aromatic carbocycles. The molecule has 6 heteroatoms. The van der Waals surface area contributed by atoms with Gasteiger partial charge in [-0.25, -0.2) is 0 Å². The molecule has 0 saturated carbocycles. The lowest BCUT2D eigenvalue weighted by atomic mass is 9.69. The number of anilines is 1. The number of amides is 1. The van der Waals surface area contributed by atoms with E-state index in [1.165, 1.54) is 16.9 Å². The highest BCUT2D eigenvalue weighted by Gasteiger charge is 2.37. The Bertz CT molecular complexity index is 950. The van der Waals surface area contributed by atoms with E-state index in [0.717, 1.165) is 35.4 Å². The van der Waals surface area contributed by atoms with Crippen LogP contribution in [0.4, 0.5) is 5.00 Å². The van der Waals surface area contributed by atoms with Crippen LogP contribution in [-0.2, 0) is 12.8 Å². The number of benzene rings is 1. The molecule has 1 aliphatic heterocycles. The van der Waals surface area contributed by atoms with Crippen LogP contribution in [0.15, 0.2) is 18.2 Å². The lowest BCUT2D eigenvalue weighted by Gasteiger charge is -2.36. The molecule has 0 radical (unpaired) electrons. The lowest BCUT2D eigenvalue weighted by Crippen LogP contribution is -2.38. The zero-order valence-electron chi connectivity index (χ0n) is 18.6. The van der Waals surface area contributed by atoms with Gasteiger partial charge in [-0.2, -0.15) is 0 Å². The van der Waals surface area contributed by atoms with Gasteiger partial charge in [0.25, 0.3) is 5.91 Å². The van der Waals surface area contributed by atoms with Gasteiger partial charge in [-0.3, -0.25) is 4.79 Å². The maximum Gasteiger partial charge on any atom is 0.256 e. The summed E-state index contributed by atoms with van der Waals surface area (Å²) in [6.45, 7) is 9.54. The van der Waals surface area contributed by atoms with Gasteiger partial charge < -0.3 is 20.1 Å². The van der Waals surface area contributed by atoms with Crippen LogP contribution in [0, 0.1) is 11.3 Å². The number of ether oxygens (including phenoxy) is 2. The van der Waals surface area contributed by atoms with Crippen molar-refractivity contribution in [3.8, 4) is 11.5 Å². The fraction of sp³-hybridized carbons (Fsp3) is 0.542. The van der Waals surface area contributed by atoms with E-state index in [1.807, 2.05) is 25.1 Å². The quantitative estimate of drug-likeness (QED) is 0.633. The number of methoxy groups -OCH3 is 1. The van der Waals surface area contributed by atoms with Crippen molar-refractivity contribution in [2.24, 2.45) is 11.3 Å². The summed E-state index contributed by atoms with van der Waals surface area (Å²) in [4.78, 5) is 14.4. The summed E-state index contributed by atoms with van der Waals surface area (Å²) in [6.07, 6.45) is 4.12. The van der Waals surface area contributed by atoms with Crippen LogP contribution in [0.5, 0.6) is 11.5 Å². The van der Waals surface area contributed by atoms with Crippen LogP contribution < -0.4 is 20.1 Å². The standard InChI is InChI=1S/C24H32N2O3S/c1-6-24(3,4)15-9-10-16-19(13-15)30-23-20(16)22(27)25-21(26-23)14-8-11-17(29-7-2)18(12-14)28-5/h8,11-12,15,21,26H,6-7,9-10,13H2,1-5H3,(H,25,27)/t15-,21+/m0/s1. The fourth-order valence-corrected chi connectivity index (χ4v) is 5.91. The summed E-state index contributed by atoms with van der Waals surface area (Å²) in [5.41, 5.74) is 3.40. The number of carbonyl (C=O) groups is 1. The highest BCUT2D eigenvalue weighted by Crippen LogP contribution is 2.47. The Labute approximate surface area is 183 Å². The molecule has 5 nitrogen and oxygen atoms in total. The average molecular weight is 429 g/mol. The first-order chi connectivity index (χ1) is 14.4. The first-order valence-corrected chi connectivity index (χ1v) is 11.7. The molecule has 0 unspecified atom stereocenters. The number of hydrogen-bond donors (Lipinski definition) is 2. The molecule has 162 valence electrons. The van der Waals surface area contributed by atoms with Crippen molar-refractivity contribution < 1.29 is 14.3 Å². The number of fused-ring (bicyclic) bond motifs is 3. The van der Waals surface area contributed by atoms with Gasteiger partial charge in [0, 0.05) is 4.88 Å². The Balaban J connectivity index is 1.60. The third-order valence-electron chi connectivity index (χ3n) is 6.88. The van der Waals surface area contributed by atoms with Gasteiger partial charge in [-0.05, 0) is 60.8 Å². The van der Waals surface area contributed by atoms with Gasteiger partial charge in [-0.15, -0.1) is 11.3 Å². The van der Waals surface area contributed by atoms with Crippen molar-refractivity contribution >= 4 is 22.2 Å². The van der Waals surface area contributed by atoms with E-state index in [9.17, 15) is 4.79 Å². The SMILES string of the molecule is CCOc1ccc([C@@H]2NC(=O)c3c(sc4c3CC[C@H](C(C)(C)CC)C4)N2)cc1OC. The number of nitrogens with one attached hydrogen (secondary N) is 2.